The number of nitrogens with one attached hydrogen (secondary N) is 1. The number of aryl methyl sites for hydroxylation is 1. The highest BCUT2D eigenvalue weighted by molar-refractivity contribution is 7.99. The van der Waals surface area contributed by atoms with E-state index in [0.29, 0.717) is 6.04 Å². The molecule has 0 amide bonds. The molecule has 0 heterocycles. The lowest BCUT2D eigenvalue weighted by atomic mass is 9.73. The van der Waals surface area contributed by atoms with Crippen LogP contribution >= 0.6 is 11.8 Å². The van der Waals surface area contributed by atoms with Crippen LogP contribution in [0.1, 0.15) is 45.6 Å². The lowest BCUT2D eigenvalue weighted by Crippen LogP contribution is -2.41. The van der Waals surface area contributed by atoms with Crippen LogP contribution in [0.3, 0.4) is 0 Å². The Balaban J connectivity index is 1.94. The lowest BCUT2D eigenvalue weighted by molar-refractivity contribution is 0.179. The Hall–Kier alpha value is -0.470. The Labute approximate surface area is 135 Å². The van der Waals surface area contributed by atoms with Crippen LogP contribution in [0, 0.1) is 24.7 Å². The molecule has 1 aliphatic carbocycles. The molecule has 1 aromatic rings. The second-order valence-corrected chi connectivity index (χ2v) is 7.83. The predicted octanol–water partition coefficient (Wildman–Crippen LogP) is 5.14. The van der Waals surface area contributed by atoms with Gasteiger partial charge in [0.25, 0.3) is 0 Å². The van der Waals surface area contributed by atoms with E-state index in [1.807, 2.05) is 11.8 Å². The fourth-order valence-corrected chi connectivity index (χ4v) is 4.70. The van der Waals surface area contributed by atoms with E-state index in [1.54, 1.807) is 0 Å². The van der Waals surface area contributed by atoms with E-state index in [-0.39, 0.29) is 0 Å². The molecule has 0 spiro atoms. The summed E-state index contributed by atoms with van der Waals surface area (Å²) in [6.45, 7) is 10.4. The summed E-state index contributed by atoms with van der Waals surface area (Å²) in [7, 11) is 0. The van der Waals surface area contributed by atoms with Crippen LogP contribution in [0.5, 0.6) is 0 Å². The minimum absolute atomic E-state index is 0.662. The zero-order valence-electron chi connectivity index (χ0n) is 14.1. The van der Waals surface area contributed by atoms with Gasteiger partial charge < -0.3 is 5.32 Å². The zero-order chi connectivity index (χ0) is 15.2. The lowest BCUT2D eigenvalue weighted by Gasteiger charge is -2.37. The number of hydrogen-bond acceptors (Lipinski definition) is 2. The van der Waals surface area contributed by atoms with Crippen LogP contribution in [0.2, 0.25) is 0 Å². The van der Waals surface area contributed by atoms with E-state index < -0.39 is 0 Å². The Morgan fingerprint density at radius 2 is 1.95 bits per heavy atom. The SMILES string of the molecule is CCNC(CSc1ccccc1C)C1CCC(C)C(C)C1. The first-order valence-electron chi connectivity index (χ1n) is 8.53. The minimum atomic E-state index is 0.662. The van der Waals surface area contributed by atoms with E-state index in [9.17, 15) is 0 Å². The quantitative estimate of drug-likeness (QED) is 0.731. The van der Waals surface area contributed by atoms with Crippen LogP contribution in [-0.4, -0.2) is 18.3 Å². The molecule has 0 bridgehead atoms. The molecular formula is C19H31NS. The molecule has 0 saturated heterocycles. The third kappa shape index (κ3) is 4.75. The van der Waals surface area contributed by atoms with Crippen LogP contribution < -0.4 is 5.32 Å². The molecular weight excluding hydrogens is 274 g/mol. The Bertz CT molecular complexity index is 431. The van der Waals surface area contributed by atoms with Gasteiger partial charge in [0.05, 0.1) is 0 Å². The first kappa shape index (κ1) is 16.9. The van der Waals surface area contributed by atoms with E-state index in [4.69, 9.17) is 0 Å². The summed E-state index contributed by atoms with van der Waals surface area (Å²) in [6.07, 6.45) is 4.20. The van der Waals surface area contributed by atoms with Gasteiger partial charge in [-0.3, -0.25) is 0 Å². The first-order chi connectivity index (χ1) is 10.1. The third-order valence-corrected chi connectivity index (χ3v) is 6.48. The van der Waals surface area contributed by atoms with Gasteiger partial charge in [-0.25, -0.2) is 0 Å². The first-order valence-corrected chi connectivity index (χ1v) is 9.52. The second-order valence-electron chi connectivity index (χ2n) is 6.77. The van der Waals surface area contributed by atoms with Gasteiger partial charge in [-0.05, 0) is 55.7 Å². The summed E-state index contributed by atoms with van der Waals surface area (Å²) < 4.78 is 0. The summed E-state index contributed by atoms with van der Waals surface area (Å²) in [6, 6.07) is 9.42. The molecule has 0 radical (unpaired) electrons. The molecule has 4 atom stereocenters. The molecule has 0 aromatic heterocycles. The van der Waals surface area contributed by atoms with Gasteiger partial charge >= 0.3 is 0 Å². The number of thioether (sulfide) groups is 1. The molecule has 1 aliphatic rings. The highest BCUT2D eigenvalue weighted by Crippen LogP contribution is 2.36. The maximum Gasteiger partial charge on any atom is 0.0189 e. The highest BCUT2D eigenvalue weighted by atomic mass is 32.2. The average molecular weight is 306 g/mol. The van der Waals surface area contributed by atoms with Crippen LogP contribution in [0.15, 0.2) is 29.2 Å². The average Bonchev–Trinajstić information content (AvgIpc) is 2.48. The van der Waals surface area contributed by atoms with E-state index >= 15 is 0 Å². The largest absolute Gasteiger partial charge is 0.313 e. The van der Waals surface area contributed by atoms with Crippen molar-refractivity contribution in [3.05, 3.63) is 29.8 Å². The minimum Gasteiger partial charge on any atom is -0.313 e. The van der Waals surface area contributed by atoms with Gasteiger partial charge in [0.15, 0.2) is 0 Å². The molecule has 2 heteroatoms. The van der Waals surface area contributed by atoms with Crippen molar-refractivity contribution in [2.45, 2.75) is 57.9 Å². The van der Waals surface area contributed by atoms with Crippen molar-refractivity contribution in [3.8, 4) is 0 Å². The van der Waals surface area contributed by atoms with Crippen LogP contribution in [0.4, 0.5) is 0 Å². The second kappa shape index (κ2) is 8.24. The summed E-state index contributed by atoms with van der Waals surface area (Å²) >= 11 is 2.03. The van der Waals surface area contributed by atoms with E-state index in [0.717, 1.165) is 24.3 Å². The fourth-order valence-electron chi connectivity index (χ4n) is 3.48. The molecule has 21 heavy (non-hydrogen) atoms. The van der Waals surface area contributed by atoms with E-state index in [1.165, 1.54) is 35.5 Å². The molecule has 0 aliphatic heterocycles. The van der Waals surface area contributed by atoms with Gasteiger partial charge in [0.1, 0.15) is 0 Å². The van der Waals surface area contributed by atoms with Crippen molar-refractivity contribution in [2.75, 3.05) is 12.3 Å². The zero-order valence-corrected chi connectivity index (χ0v) is 14.9. The maximum absolute atomic E-state index is 3.76. The van der Waals surface area contributed by atoms with Gasteiger partial charge in [0.2, 0.25) is 0 Å². The summed E-state index contributed by atoms with van der Waals surface area (Å²) in [4.78, 5) is 1.44. The summed E-state index contributed by atoms with van der Waals surface area (Å²) in [5.41, 5.74) is 1.41. The molecule has 4 unspecified atom stereocenters. The van der Waals surface area contributed by atoms with Gasteiger partial charge in [-0.1, -0.05) is 45.4 Å². The van der Waals surface area contributed by atoms with Gasteiger partial charge in [-0.2, -0.15) is 0 Å². The van der Waals surface area contributed by atoms with Crippen LogP contribution in [-0.2, 0) is 0 Å². The molecule has 1 fully saturated rings. The highest BCUT2D eigenvalue weighted by Gasteiger charge is 2.29. The van der Waals surface area contributed by atoms with Crippen molar-refractivity contribution in [2.24, 2.45) is 17.8 Å². The number of hydrogen-bond donors (Lipinski definition) is 1. The molecule has 1 nitrogen and oxygen atoms in total. The van der Waals surface area contributed by atoms with E-state index in [2.05, 4.69) is 57.3 Å². The van der Waals surface area contributed by atoms with Crippen molar-refractivity contribution in [1.29, 1.82) is 0 Å². The normalized spacial score (nSPS) is 27.5. The monoisotopic (exact) mass is 305 g/mol. The molecule has 1 aromatic carbocycles. The Morgan fingerprint density at radius 3 is 2.62 bits per heavy atom. The van der Waals surface area contributed by atoms with Gasteiger partial charge in [-0.15, -0.1) is 11.8 Å². The summed E-state index contributed by atoms with van der Waals surface area (Å²) in [5, 5.41) is 3.76. The van der Waals surface area contributed by atoms with Crippen molar-refractivity contribution >= 4 is 11.8 Å². The smallest absolute Gasteiger partial charge is 0.0189 e. The third-order valence-electron chi connectivity index (χ3n) is 5.19. The van der Waals surface area contributed by atoms with Crippen molar-refractivity contribution in [1.82, 2.24) is 5.32 Å². The Morgan fingerprint density at radius 1 is 1.19 bits per heavy atom. The summed E-state index contributed by atoms with van der Waals surface area (Å²) in [5.74, 6) is 3.85. The van der Waals surface area contributed by atoms with Crippen molar-refractivity contribution < 1.29 is 0 Å². The van der Waals surface area contributed by atoms with Crippen molar-refractivity contribution in [3.63, 3.8) is 0 Å². The maximum atomic E-state index is 3.76. The fraction of sp³-hybridized carbons (Fsp3) is 0.684. The standard InChI is InChI=1S/C19H31NS/c1-5-20-18(17-11-10-14(2)16(4)12-17)13-21-19-9-7-6-8-15(19)3/h6-9,14,16-18,20H,5,10-13H2,1-4H3. The van der Waals surface area contributed by atoms with Crippen LogP contribution in [0.25, 0.3) is 0 Å². The molecule has 118 valence electrons. The Kier molecular flexibility index (Phi) is 6.63. The molecule has 2 rings (SSSR count). The van der Waals surface area contributed by atoms with Gasteiger partial charge in [0, 0.05) is 16.7 Å². The molecule has 1 N–H and O–H groups in total. The number of benzene rings is 1. The number of rotatable bonds is 6. The predicted molar refractivity (Wildman–Crippen MR) is 95.0 cm³/mol. The molecule has 1 saturated carbocycles. The topological polar surface area (TPSA) is 12.0 Å².